The number of unbranched alkanes of at least 4 members (excludes halogenated alkanes) is 17. The van der Waals surface area contributed by atoms with E-state index in [-0.39, 0.29) is 0 Å². The van der Waals surface area contributed by atoms with E-state index in [1.807, 2.05) is 0 Å². The first-order valence-electron chi connectivity index (χ1n) is 15.8. The van der Waals surface area contributed by atoms with Gasteiger partial charge in [0.25, 0.3) is 5.82 Å². The van der Waals surface area contributed by atoms with Crippen LogP contribution < -0.4 is 4.57 Å². The number of aromatic nitrogens is 2. The molecular weight excluding hydrogens is 412 g/mol. The highest BCUT2D eigenvalue weighted by molar-refractivity contribution is 4.90. The topological polar surface area (TPSA) is 19.7 Å². The van der Waals surface area contributed by atoms with Crippen LogP contribution in [0.1, 0.15) is 193 Å². The predicted molar refractivity (Wildman–Crippen MR) is 152 cm³/mol. The van der Waals surface area contributed by atoms with Crippen molar-refractivity contribution in [3.05, 3.63) is 18.2 Å². The molecule has 1 heterocycles. The molecule has 2 atom stereocenters. The summed E-state index contributed by atoms with van der Waals surface area (Å²) in [4.78, 5) is 3.67. The molecule has 1 aromatic rings. The third-order valence-corrected chi connectivity index (χ3v) is 7.89. The molecule has 2 heteroatoms. The molecule has 0 aliphatic heterocycles. The van der Waals surface area contributed by atoms with Crippen LogP contribution in [0.25, 0.3) is 0 Å². The monoisotopic (exact) mass is 475 g/mol. The zero-order valence-corrected chi connectivity index (χ0v) is 24.0. The van der Waals surface area contributed by atoms with Crippen LogP contribution in [0.3, 0.4) is 0 Å². The van der Waals surface area contributed by atoms with E-state index in [0.717, 1.165) is 0 Å². The SMILES string of the molecule is CCCCCCCCCCCCCCC(C)[n+]1cc[nH]c1C(CCCCC)CCCCCCC. The van der Waals surface area contributed by atoms with Crippen LogP contribution in [0.5, 0.6) is 0 Å². The van der Waals surface area contributed by atoms with Crippen molar-refractivity contribution in [2.45, 2.75) is 187 Å². The first kappa shape index (κ1) is 31.2. The summed E-state index contributed by atoms with van der Waals surface area (Å²) in [7, 11) is 0. The number of aromatic amines is 1. The summed E-state index contributed by atoms with van der Waals surface area (Å²) in [6, 6.07) is 0.623. The van der Waals surface area contributed by atoms with Gasteiger partial charge in [-0.3, -0.25) is 0 Å². The molecule has 0 saturated heterocycles. The molecule has 0 aliphatic rings. The predicted octanol–water partition coefficient (Wildman–Crippen LogP) is 11.0. The second-order valence-corrected chi connectivity index (χ2v) is 11.2. The van der Waals surface area contributed by atoms with Gasteiger partial charge in [-0.1, -0.05) is 143 Å². The van der Waals surface area contributed by atoms with Gasteiger partial charge in [-0.25, -0.2) is 9.55 Å². The molecule has 2 unspecified atom stereocenters. The van der Waals surface area contributed by atoms with Crippen molar-refractivity contribution in [2.75, 3.05) is 0 Å². The van der Waals surface area contributed by atoms with Crippen LogP contribution >= 0.6 is 0 Å². The number of nitrogens with zero attached hydrogens (tertiary/aromatic N) is 1. The molecule has 0 aliphatic carbocycles. The van der Waals surface area contributed by atoms with Gasteiger partial charge in [-0.2, -0.15) is 0 Å². The van der Waals surface area contributed by atoms with Crippen molar-refractivity contribution < 1.29 is 4.57 Å². The molecular formula is C32H63N2+. The molecule has 0 spiro atoms. The van der Waals surface area contributed by atoms with Crippen molar-refractivity contribution in [1.82, 2.24) is 4.98 Å². The zero-order valence-electron chi connectivity index (χ0n) is 24.0. The number of H-pyrrole nitrogens is 1. The lowest BCUT2D eigenvalue weighted by molar-refractivity contribution is -0.727. The van der Waals surface area contributed by atoms with Gasteiger partial charge in [0.2, 0.25) is 0 Å². The lowest BCUT2D eigenvalue weighted by atomic mass is 9.93. The lowest BCUT2D eigenvalue weighted by Crippen LogP contribution is -2.41. The molecule has 0 bridgehead atoms. The number of imidazole rings is 1. The van der Waals surface area contributed by atoms with E-state index in [1.165, 1.54) is 154 Å². The van der Waals surface area contributed by atoms with Crippen LogP contribution in [0, 0.1) is 0 Å². The highest BCUT2D eigenvalue weighted by atomic mass is 15.1. The molecule has 1 aromatic heterocycles. The van der Waals surface area contributed by atoms with Crippen LogP contribution in [-0.4, -0.2) is 4.98 Å². The average Bonchev–Trinajstić information content (AvgIpc) is 3.33. The summed E-state index contributed by atoms with van der Waals surface area (Å²) in [5.41, 5.74) is 0. The number of nitrogens with one attached hydrogen (secondary N) is 1. The summed E-state index contributed by atoms with van der Waals surface area (Å²) in [5.74, 6) is 2.23. The smallest absolute Gasteiger partial charge is 0.247 e. The Morgan fingerprint density at radius 2 is 0.941 bits per heavy atom. The van der Waals surface area contributed by atoms with E-state index in [0.29, 0.717) is 12.0 Å². The van der Waals surface area contributed by atoms with Crippen LogP contribution in [-0.2, 0) is 0 Å². The molecule has 2 nitrogen and oxygen atoms in total. The standard InChI is InChI=1S/C32H62N2/c1-5-8-11-13-14-15-16-17-18-19-21-23-25-30(4)34-29-28-33-32(34)31(26-22-10-7-3)27-24-20-12-9-6-2/h28-31H,5-27H2,1-4H3/p+1. The Hall–Kier alpha value is -0.790. The van der Waals surface area contributed by atoms with Gasteiger partial charge >= 0.3 is 0 Å². The van der Waals surface area contributed by atoms with E-state index in [9.17, 15) is 0 Å². The Balaban J connectivity index is 2.30. The third kappa shape index (κ3) is 15.3. The Morgan fingerprint density at radius 1 is 0.559 bits per heavy atom. The van der Waals surface area contributed by atoms with Gasteiger partial charge in [0.1, 0.15) is 12.4 Å². The molecule has 0 saturated carbocycles. The first-order chi connectivity index (χ1) is 16.7. The Bertz CT molecular complexity index is 535. The maximum Gasteiger partial charge on any atom is 0.257 e. The van der Waals surface area contributed by atoms with Crippen molar-refractivity contribution >= 4 is 0 Å². The quantitative estimate of drug-likeness (QED) is 0.107. The second kappa shape index (κ2) is 22.7. The fourth-order valence-corrected chi connectivity index (χ4v) is 5.54. The third-order valence-electron chi connectivity index (χ3n) is 7.89. The fourth-order valence-electron chi connectivity index (χ4n) is 5.54. The van der Waals surface area contributed by atoms with E-state index in [1.54, 1.807) is 0 Å². The Labute approximate surface area is 215 Å². The van der Waals surface area contributed by atoms with Gasteiger partial charge in [-0.15, -0.1) is 0 Å². The van der Waals surface area contributed by atoms with Crippen molar-refractivity contribution in [3.8, 4) is 0 Å². The van der Waals surface area contributed by atoms with Crippen LogP contribution in [0.2, 0.25) is 0 Å². The molecule has 0 amide bonds. The minimum atomic E-state index is 0.623. The van der Waals surface area contributed by atoms with Crippen molar-refractivity contribution in [2.24, 2.45) is 0 Å². The Kier molecular flexibility index (Phi) is 20.8. The number of rotatable bonds is 25. The van der Waals surface area contributed by atoms with Crippen LogP contribution in [0.15, 0.2) is 12.4 Å². The van der Waals surface area contributed by atoms with Gasteiger partial charge in [-0.05, 0) is 32.6 Å². The highest BCUT2D eigenvalue weighted by Crippen LogP contribution is 2.27. The van der Waals surface area contributed by atoms with Crippen LogP contribution in [0.4, 0.5) is 0 Å². The van der Waals surface area contributed by atoms with Gasteiger partial charge in [0, 0.05) is 0 Å². The summed E-state index contributed by atoms with van der Waals surface area (Å²) >= 11 is 0. The van der Waals surface area contributed by atoms with Gasteiger partial charge in [0.15, 0.2) is 0 Å². The molecule has 1 N–H and O–H groups in total. The van der Waals surface area contributed by atoms with Gasteiger partial charge < -0.3 is 0 Å². The molecule has 0 radical (unpaired) electrons. The lowest BCUT2D eigenvalue weighted by Gasteiger charge is -2.17. The molecule has 200 valence electrons. The van der Waals surface area contributed by atoms with E-state index in [4.69, 9.17) is 0 Å². The minimum Gasteiger partial charge on any atom is -0.247 e. The van der Waals surface area contributed by atoms with Crippen molar-refractivity contribution in [1.29, 1.82) is 0 Å². The second-order valence-electron chi connectivity index (χ2n) is 11.2. The normalized spacial score (nSPS) is 13.4. The molecule has 34 heavy (non-hydrogen) atoms. The summed E-state index contributed by atoms with van der Waals surface area (Å²) in [6.07, 6.45) is 36.8. The number of hydrogen-bond acceptors (Lipinski definition) is 0. The maximum atomic E-state index is 3.67. The summed E-state index contributed by atoms with van der Waals surface area (Å²) in [6.45, 7) is 9.39. The number of hydrogen-bond donors (Lipinski definition) is 1. The Morgan fingerprint density at radius 3 is 1.44 bits per heavy atom. The molecule has 1 rings (SSSR count). The maximum absolute atomic E-state index is 3.67. The zero-order chi connectivity index (χ0) is 24.7. The van der Waals surface area contributed by atoms with E-state index < -0.39 is 0 Å². The summed E-state index contributed by atoms with van der Waals surface area (Å²) in [5, 5.41) is 0. The highest BCUT2D eigenvalue weighted by Gasteiger charge is 2.25. The first-order valence-corrected chi connectivity index (χ1v) is 15.8. The average molecular weight is 476 g/mol. The fraction of sp³-hybridized carbons (Fsp3) is 0.906. The van der Waals surface area contributed by atoms with E-state index >= 15 is 0 Å². The largest absolute Gasteiger partial charge is 0.257 e. The summed E-state index contributed by atoms with van der Waals surface area (Å²) < 4.78 is 2.60. The van der Waals surface area contributed by atoms with Crippen molar-refractivity contribution in [3.63, 3.8) is 0 Å². The molecule has 0 aromatic carbocycles. The van der Waals surface area contributed by atoms with E-state index in [2.05, 4.69) is 49.6 Å². The van der Waals surface area contributed by atoms with Gasteiger partial charge in [0.05, 0.1) is 12.0 Å². The minimum absolute atomic E-state index is 0.623. The molecule has 0 fully saturated rings.